The molecular weight excluding hydrogens is 296 g/mol. The predicted octanol–water partition coefficient (Wildman–Crippen LogP) is 3.68. The summed E-state index contributed by atoms with van der Waals surface area (Å²) in [5.41, 5.74) is 1.14. The molecule has 1 aromatic heterocycles. The molecular formula is C17H28N2O2S. The largest absolute Gasteiger partial charge is 0.381 e. The zero-order valence-electron chi connectivity index (χ0n) is 14.3. The molecule has 0 spiro atoms. The van der Waals surface area contributed by atoms with Crippen molar-refractivity contribution < 1.29 is 9.53 Å². The summed E-state index contributed by atoms with van der Waals surface area (Å²) in [5, 5.41) is 6.21. The molecule has 1 N–H and O–H groups in total. The van der Waals surface area contributed by atoms with Gasteiger partial charge in [0.15, 0.2) is 0 Å². The van der Waals surface area contributed by atoms with E-state index in [1.165, 1.54) is 0 Å². The highest BCUT2D eigenvalue weighted by molar-refractivity contribution is 7.09. The number of carbonyl (C=O) groups excluding carboxylic acids is 1. The molecule has 2 heterocycles. The van der Waals surface area contributed by atoms with Crippen molar-refractivity contribution in [3.05, 3.63) is 16.1 Å². The smallest absolute Gasteiger partial charge is 0.223 e. The third-order valence-electron chi connectivity index (χ3n) is 4.41. The lowest BCUT2D eigenvalue weighted by Crippen LogP contribution is -2.36. The van der Waals surface area contributed by atoms with E-state index < -0.39 is 0 Å². The van der Waals surface area contributed by atoms with Crippen molar-refractivity contribution in [2.45, 2.75) is 58.9 Å². The molecule has 0 radical (unpaired) electrons. The molecule has 1 aromatic rings. The number of amides is 1. The van der Waals surface area contributed by atoms with Crippen LogP contribution in [0.25, 0.3) is 0 Å². The number of nitrogens with zero attached hydrogens (tertiary/aromatic N) is 1. The summed E-state index contributed by atoms with van der Waals surface area (Å²) in [6, 6.07) is -0.0316. The predicted molar refractivity (Wildman–Crippen MR) is 90.1 cm³/mol. The number of rotatable bonds is 4. The first-order valence-electron chi connectivity index (χ1n) is 8.13. The monoisotopic (exact) mass is 324 g/mol. The summed E-state index contributed by atoms with van der Waals surface area (Å²) in [7, 11) is 0. The number of hydrogen-bond acceptors (Lipinski definition) is 4. The number of ether oxygens (including phenoxy) is 1. The van der Waals surface area contributed by atoms with Gasteiger partial charge in [-0.3, -0.25) is 4.79 Å². The molecule has 1 aliphatic heterocycles. The summed E-state index contributed by atoms with van der Waals surface area (Å²) in [6.07, 6.45) is 1.96. The molecule has 22 heavy (non-hydrogen) atoms. The first-order valence-corrected chi connectivity index (χ1v) is 9.01. The average molecular weight is 324 g/mol. The maximum Gasteiger partial charge on any atom is 0.223 e. The summed E-state index contributed by atoms with van der Waals surface area (Å²) < 4.78 is 5.37. The minimum absolute atomic E-state index is 0.0316. The Labute approximate surface area is 137 Å². The van der Waals surface area contributed by atoms with E-state index in [0.717, 1.165) is 36.8 Å². The summed E-state index contributed by atoms with van der Waals surface area (Å²) in [6.45, 7) is 12.1. The molecule has 1 fully saturated rings. The standard InChI is InChI=1S/C17H28N2O2S/c1-11(13-6-8-21-9-7-13)15(20)18-12(2)16-19-14(10-22-16)17(3,4)5/h10-13H,6-9H2,1-5H3,(H,18,20)/t11-,12+/m0/s1. The van der Waals surface area contributed by atoms with E-state index in [2.05, 4.69) is 31.5 Å². The Bertz CT molecular complexity index is 501. The Morgan fingerprint density at radius 3 is 2.55 bits per heavy atom. The SMILES string of the molecule is C[C@H](C(=O)N[C@H](C)c1nc(C(C)(C)C)cs1)C1CCOCC1. The van der Waals surface area contributed by atoms with Crippen LogP contribution >= 0.6 is 11.3 Å². The second-order valence-corrected chi connectivity index (χ2v) is 8.18. The fourth-order valence-electron chi connectivity index (χ4n) is 2.67. The van der Waals surface area contributed by atoms with Gasteiger partial charge in [-0.25, -0.2) is 4.98 Å². The van der Waals surface area contributed by atoms with Crippen LogP contribution in [0.3, 0.4) is 0 Å². The van der Waals surface area contributed by atoms with Gasteiger partial charge >= 0.3 is 0 Å². The molecule has 1 aliphatic rings. The van der Waals surface area contributed by atoms with Crippen molar-refractivity contribution >= 4 is 17.2 Å². The van der Waals surface area contributed by atoms with Crippen LogP contribution in [0.4, 0.5) is 0 Å². The minimum atomic E-state index is -0.0316. The van der Waals surface area contributed by atoms with Crippen LogP contribution in [0.15, 0.2) is 5.38 Å². The molecule has 124 valence electrons. The second kappa shape index (κ2) is 7.09. The lowest BCUT2D eigenvalue weighted by molar-refractivity contribution is -0.127. The first kappa shape index (κ1) is 17.4. The Hall–Kier alpha value is -0.940. The fraction of sp³-hybridized carbons (Fsp3) is 0.765. The van der Waals surface area contributed by atoms with Gasteiger partial charge in [0.1, 0.15) is 5.01 Å². The van der Waals surface area contributed by atoms with E-state index in [1.807, 2.05) is 13.8 Å². The van der Waals surface area contributed by atoms with Gasteiger partial charge < -0.3 is 10.1 Å². The van der Waals surface area contributed by atoms with Gasteiger partial charge in [0.25, 0.3) is 0 Å². The quantitative estimate of drug-likeness (QED) is 0.919. The lowest BCUT2D eigenvalue weighted by atomic mass is 9.86. The Balaban J connectivity index is 1.94. The molecule has 4 nitrogen and oxygen atoms in total. The van der Waals surface area contributed by atoms with Crippen LogP contribution in [-0.2, 0) is 14.9 Å². The maximum absolute atomic E-state index is 12.5. The van der Waals surface area contributed by atoms with E-state index in [1.54, 1.807) is 11.3 Å². The van der Waals surface area contributed by atoms with E-state index >= 15 is 0 Å². The van der Waals surface area contributed by atoms with Crippen LogP contribution in [0.5, 0.6) is 0 Å². The molecule has 2 atom stereocenters. The van der Waals surface area contributed by atoms with Gasteiger partial charge in [0.2, 0.25) is 5.91 Å². The summed E-state index contributed by atoms with van der Waals surface area (Å²) in [4.78, 5) is 17.1. The number of thiazole rings is 1. The minimum Gasteiger partial charge on any atom is -0.381 e. The third-order valence-corrected chi connectivity index (χ3v) is 5.43. The Kier molecular flexibility index (Phi) is 5.61. The molecule has 0 aromatic carbocycles. The van der Waals surface area contributed by atoms with Crippen LogP contribution < -0.4 is 5.32 Å². The number of carbonyl (C=O) groups is 1. The van der Waals surface area contributed by atoms with Crippen molar-refractivity contribution in [2.24, 2.45) is 11.8 Å². The number of aromatic nitrogens is 1. The molecule has 0 bridgehead atoms. The second-order valence-electron chi connectivity index (χ2n) is 7.29. The molecule has 0 unspecified atom stereocenters. The first-order chi connectivity index (χ1) is 10.3. The van der Waals surface area contributed by atoms with E-state index in [9.17, 15) is 4.79 Å². The number of nitrogens with one attached hydrogen (secondary N) is 1. The third kappa shape index (κ3) is 4.29. The molecule has 5 heteroatoms. The topological polar surface area (TPSA) is 51.2 Å². The van der Waals surface area contributed by atoms with Crippen LogP contribution in [0.1, 0.15) is 64.2 Å². The zero-order valence-corrected chi connectivity index (χ0v) is 15.1. The van der Waals surface area contributed by atoms with Crippen LogP contribution in [0.2, 0.25) is 0 Å². The Morgan fingerprint density at radius 1 is 1.36 bits per heavy atom. The number of hydrogen-bond donors (Lipinski definition) is 1. The van der Waals surface area contributed by atoms with Gasteiger partial charge in [0.05, 0.1) is 11.7 Å². The van der Waals surface area contributed by atoms with Crippen molar-refractivity contribution in [1.29, 1.82) is 0 Å². The summed E-state index contributed by atoms with van der Waals surface area (Å²) in [5.74, 6) is 0.600. The van der Waals surface area contributed by atoms with Crippen molar-refractivity contribution in [2.75, 3.05) is 13.2 Å². The van der Waals surface area contributed by atoms with Gasteiger partial charge in [-0.15, -0.1) is 11.3 Å². The van der Waals surface area contributed by atoms with Crippen LogP contribution in [-0.4, -0.2) is 24.1 Å². The summed E-state index contributed by atoms with van der Waals surface area (Å²) >= 11 is 1.63. The highest BCUT2D eigenvalue weighted by Crippen LogP contribution is 2.28. The lowest BCUT2D eigenvalue weighted by Gasteiger charge is -2.27. The van der Waals surface area contributed by atoms with Gasteiger partial charge in [-0.2, -0.15) is 0 Å². The van der Waals surface area contributed by atoms with Crippen molar-refractivity contribution in [3.63, 3.8) is 0 Å². The highest BCUT2D eigenvalue weighted by atomic mass is 32.1. The van der Waals surface area contributed by atoms with Gasteiger partial charge in [-0.05, 0) is 25.7 Å². The maximum atomic E-state index is 12.5. The van der Waals surface area contributed by atoms with E-state index in [4.69, 9.17) is 9.72 Å². The highest BCUT2D eigenvalue weighted by Gasteiger charge is 2.27. The zero-order chi connectivity index (χ0) is 16.3. The van der Waals surface area contributed by atoms with Crippen LogP contribution in [0, 0.1) is 11.8 Å². The normalized spacial score (nSPS) is 19.7. The molecule has 1 saturated heterocycles. The Morgan fingerprint density at radius 2 is 2.00 bits per heavy atom. The average Bonchev–Trinajstić information content (AvgIpc) is 2.97. The molecule has 0 saturated carbocycles. The molecule has 0 aliphatic carbocycles. The van der Waals surface area contributed by atoms with E-state index in [-0.39, 0.29) is 23.3 Å². The molecule has 2 rings (SSSR count). The van der Waals surface area contributed by atoms with Crippen molar-refractivity contribution in [1.82, 2.24) is 10.3 Å². The van der Waals surface area contributed by atoms with Gasteiger partial charge in [0, 0.05) is 29.9 Å². The van der Waals surface area contributed by atoms with E-state index in [0.29, 0.717) is 5.92 Å². The fourth-order valence-corrected chi connectivity index (χ4v) is 3.72. The van der Waals surface area contributed by atoms with Crippen molar-refractivity contribution in [3.8, 4) is 0 Å². The molecule has 1 amide bonds. The van der Waals surface area contributed by atoms with Gasteiger partial charge in [-0.1, -0.05) is 27.7 Å².